The number of rotatable bonds is 2. The van der Waals surface area contributed by atoms with Gasteiger partial charge in [-0.05, 0) is 19.9 Å². The largest absolute Gasteiger partial charge is 0.371 e. The van der Waals surface area contributed by atoms with E-state index in [0.29, 0.717) is 12.0 Å². The summed E-state index contributed by atoms with van der Waals surface area (Å²) >= 11 is 0. The van der Waals surface area contributed by atoms with E-state index in [-0.39, 0.29) is 0 Å². The summed E-state index contributed by atoms with van der Waals surface area (Å²) in [6.07, 6.45) is 10.0. The van der Waals surface area contributed by atoms with Crippen molar-refractivity contribution in [1.82, 2.24) is 4.90 Å². The first kappa shape index (κ1) is 9.53. The van der Waals surface area contributed by atoms with E-state index in [1.165, 1.54) is 11.3 Å². The molecule has 0 aromatic rings. The molecule has 0 saturated carbocycles. The van der Waals surface area contributed by atoms with E-state index in [2.05, 4.69) is 43.2 Å². The lowest BCUT2D eigenvalue weighted by Gasteiger charge is -2.28. The predicted molar refractivity (Wildman–Crippen MR) is 59.7 cm³/mol. The van der Waals surface area contributed by atoms with Crippen LogP contribution in [0.25, 0.3) is 0 Å². The minimum Gasteiger partial charge on any atom is -0.371 e. The SMILES string of the molecule is CC1=CC2C(CCN)=CC=CC2N1C. The van der Waals surface area contributed by atoms with Crippen molar-refractivity contribution in [3.8, 4) is 0 Å². The van der Waals surface area contributed by atoms with Gasteiger partial charge in [-0.1, -0.05) is 29.9 Å². The molecule has 0 fully saturated rings. The highest BCUT2D eigenvalue weighted by Gasteiger charge is 2.31. The molecule has 0 bridgehead atoms. The first-order valence-corrected chi connectivity index (χ1v) is 5.22. The molecule has 14 heavy (non-hydrogen) atoms. The second kappa shape index (κ2) is 3.62. The normalized spacial score (nSPS) is 30.1. The molecule has 2 atom stereocenters. The standard InChI is InChI=1S/C12H18N2/c1-9-8-11-10(6-7-13)4-3-5-12(11)14(9)2/h3-5,8,11-12H,6-7,13H2,1-2H3. The molecule has 76 valence electrons. The van der Waals surface area contributed by atoms with Gasteiger partial charge in [-0.25, -0.2) is 0 Å². The Morgan fingerprint density at radius 2 is 2.29 bits per heavy atom. The molecule has 2 heteroatoms. The van der Waals surface area contributed by atoms with Crippen molar-refractivity contribution < 1.29 is 0 Å². The Morgan fingerprint density at radius 3 is 3.00 bits per heavy atom. The van der Waals surface area contributed by atoms with Gasteiger partial charge in [-0.3, -0.25) is 0 Å². The maximum absolute atomic E-state index is 5.61. The van der Waals surface area contributed by atoms with E-state index < -0.39 is 0 Å². The number of hydrogen-bond donors (Lipinski definition) is 1. The summed E-state index contributed by atoms with van der Waals surface area (Å²) in [5.74, 6) is 0.563. The van der Waals surface area contributed by atoms with Crippen molar-refractivity contribution in [1.29, 1.82) is 0 Å². The molecule has 1 heterocycles. The summed E-state index contributed by atoms with van der Waals surface area (Å²) < 4.78 is 0. The zero-order valence-electron chi connectivity index (χ0n) is 8.90. The Hall–Kier alpha value is -1.02. The van der Waals surface area contributed by atoms with Crippen molar-refractivity contribution >= 4 is 0 Å². The highest BCUT2D eigenvalue weighted by molar-refractivity contribution is 5.34. The monoisotopic (exact) mass is 190 g/mol. The summed E-state index contributed by atoms with van der Waals surface area (Å²) in [4.78, 5) is 2.34. The van der Waals surface area contributed by atoms with E-state index >= 15 is 0 Å². The predicted octanol–water partition coefficient (Wildman–Crippen LogP) is 1.67. The minimum atomic E-state index is 0.529. The van der Waals surface area contributed by atoms with Crippen LogP contribution in [0.3, 0.4) is 0 Å². The van der Waals surface area contributed by atoms with E-state index in [4.69, 9.17) is 5.73 Å². The van der Waals surface area contributed by atoms with Gasteiger partial charge in [0.25, 0.3) is 0 Å². The first-order valence-electron chi connectivity index (χ1n) is 5.22. The van der Waals surface area contributed by atoms with Crippen LogP contribution in [-0.4, -0.2) is 24.5 Å². The highest BCUT2D eigenvalue weighted by atomic mass is 15.2. The third-order valence-electron chi connectivity index (χ3n) is 3.27. The van der Waals surface area contributed by atoms with Crippen molar-refractivity contribution in [3.63, 3.8) is 0 Å². The van der Waals surface area contributed by atoms with Gasteiger partial charge in [0.05, 0.1) is 6.04 Å². The molecule has 2 aliphatic rings. The summed E-state index contributed by atoms with van der Waals surface area (Å²) in [6, 6.07) is 0.529. The molecule has 0 radical (unpaired) electrons. The van der Waals surface area contributed by atoms with Crippen molar-refractivity contribution in [2.24, 2.45) is 11.7 Å². The van der Waals surface area contributed by atoms with Gasteiger partial charge in [-0.2, -0.15) is 0 Å². The first-order chi connectivity index (χ1) is 6.74. The number of allylic oxidation sites excluding steroid dienone is 3. The molecule has 0 spiro atoms. The molecule has 1 aliphatic heterocycles. The lowest BCUT2D eigenvalue weighted by Crippen LogP contribution is -2.31. The summed E-state index contributed by atoms with van der Waals surface area (Å²) in [5, 5.41) is 0. The van der Waals surface area contributed by atoms with Crippen LogP contribution in [0.2, 0.25) is 0 Å². The maximum atomic E-state index is 5.61. The van der Waals surface area contributed by atoms with Crippen LogP contribution < -0.4 is 5.73 Å². The van der Waals surface area contributed by atoms with Gasteiger partial charge < -0.3 is 10.6 Å². The molecule has 1 aliphatic carbocycles. The zero-order valence-corrected chi connectivity index (χ0v) is 8.90. The minimum absolute atomic E-state index is 0.529. The van der Waals surface area contributed by atoms with E-state index in [1.807, 2.05) is 0 Å². The van der Waals surface area contributed by atoms with E-state index in [9.17, 15) is 0 Å². The van der Waals surface area contributed by atoms with E-state index in [1.54, 1.807) is 0 Å². The number of likely N-dealkylation sites (N-methyl/N-ethyl adjacent to an activating group) is 1. The Morgan fingerprint density at radius 1 is 1.50 bits per heavy atom. The fourth-order valence-electron chi connectivity index (χ4n) is 2.35. The van der Waals surface area contributed by atoms with Gasteiger partial charge >= 0.3 is 0 Å². The van der Waals surface area contributed by atoms with Crippen molar-refractivity contribution in [2.75, 3.05) is 13.6 Å². The van der Waals surface area contributed by atoms with Crippen molar-refractivity contribution in [3.05, 3.63) is 35.6 Å². The molecule has 2 nitrogen and oxygen atoms in total. The quantitative estimate of drug-likeness (QED) is 0.717. The van der Waals surface area contributed by atoms with Crippen LogP contribution >= 0.6 is 0 Å². The molecule has 0 aromatic carbocycles. The molecular weight excluding hydrogens is 172 g/mol. The van der Waals surface area contributed by atoms with Crippen molar-refractivity contribution in [2.45, 2.75) is 19.4 Å². The molecule has 0 saturated heterocycles. The molecule has 0 aromatic heterocycles. The Labute approximate surface area is 85.8 Å². The molecular formula is C12H18N2. The number of nitrogens with two attached hydrogens (primary N) is 1. The number of nitrogens with zero attached hydrogens (tertiary/aromatic N) is 1. The topological polar surface area (TPSA) is 29.3 Å². The van der Waals surface area contributed by atoms with Gasteiger partial charge in [0.2, 0.25) is 0 Å². The zero-order chi connectivity index (χ0) is 10.1. The average Bonchev–Trinajstić information content (AvgIpc) is 2.46. The third-order valence-corrected chi connectivity index (χ3v) is 3.27. The molecule has 2 rings (SSSR count). The Kier molecular flexibility index (Phi) is 2.46. The van der Waals surface area contributed by atoms with Crippen LogP contribution in [0, 0.1) is 5.92 Å². The highest BCUT2D eigenvalue weighted by Crippen LogP contribution is 2.35. The summed E-state index contributed by atoms with van der Waals surface area (Å²) in [5.41, 5.74) is 8.46. The second-order valence-electron chi connectivity index (χ2n) is 4.10. The van der Waals surface area contributed by atoms with Gasteiger partial charge in [-0.15, -0.1) is 0 Å². The lowest BCUT2D eigenvalue weighted by molar-refractivity contribution is 0.348. The van der Waals surface area contributed by atoms with Crippen LogP contribution in [0.5, 0.6) is 0 Å². The van der Waals surface area contributed by atoms with Gasteiger partial charge in [0.15, 0.2) is 0 Å². The Bertz CT molecular complexity index is 312. The fourth-order valence-corrected chi connectivity index (χ4v) is 2.35. The summed E-state index contributed by atoms with van der Waals surface area (Å²) in [7, 11) is 2.16. The number of fused-ring (bicyclic) bond motifs is 1. The number of hydrogen-bond acceptors (Lipinski definition) is 2. The van der Waals surface area contributed by atoms with Crippen LogP contribution in [0.15, 0.2) is 35.6 Å². The average molecular weight is 190 g/mol. The fraction of sp³-hybridized carbons (Fsp3) is 0.500. The maximum Gasteiger partial charge on any atom is 0.0570 e. The second-order valence-corrected chi connectivity index (χ2v) is 4.10. The lowest BCUT2D eigenvalue weighted by atomic mass is 9.87. The smallest absolute Gasteiger partial charge is 0.0570 e. The molecule has 2 N–H and O–H groups in total. The van der Waals surface area contributed by atoms with Crippen LogP contribution in [0.4, 0.5) is 0 Å². The summed E-state index contributed by atoms with van der Waals surface area (Å²) in [6.45, 7) is 2.92. The van der Waals surface area contributed by atoms with E-state index in [0.717, 1.165) is 13.0 Å². The third kappa shape index (κ3) is 1.40. The van der Waals surface area contributed by atoms with Gasteiger partial charge in [0, 0.05) is 18.7 Å². The Balaban J connectivity index is 2.23. The molecule has 2 unspecified atom stereocenters. The van der Waals surface area contributed by atoms with Crippen LogP contribution in [0.1, 0.15) is 13.3 Å². The van der Waals surface area contributed by atoms with Gasteiger partial charge in [0.1, 0.15) is 0 Å². The molecule has 0 amide bonds. The van der Waals surface area contributed by atoms with Crippen LogP contribution in [-0.2, 0) is 0 Å².